The highest BCUT2D eigenvalue weighted by atomic mass is 28.3. The Balaban J connectivity index is 2.38. The summed E-state index contributed by atoms with van der Waals surface area (Å²) in [6.45, 7) is 9.07. The third kappa shape index (κ3) is 4.03. The smallest absolute Gasteiger partial charge is 0.309 e. The number of urea groups is 1. The van der Waals surface area contributed by atoms with E-state index in [2.05, 4.69) is 20.8 Å². The Morgan fingerprint density at radius 1 is 0.885 bits per heavy atom. The molecule has 1 unspecified atom stereocenters. The van der Waals surface area contributed by atoms with Gasteiger partial charge in [0.05, 0.1) is 0 Å². The highest BCUT2D eigenvalue weighted by Crippen LogP contribution is 2.36. The molecule has 3 amide bonds. The summed E-state index contributed by atoms with van der Waals surface area (Å²) in [6, 6.07) is 12.8. The molecule has 26 heavy (non-hydrogen) atoms. The van der Waals surface area contributed by atoms with E-state index >= 15 is 0 Å². The van der Waals surface area contributed by atoms with Crippen LogP contribution in [0.1, 0.15) is 58.9 Å². The Labute approximate surface area is 159 Å². The van der Waals surface area contributed by atoms with E-state index in [9.17, 15) is 9.59 Å². The molecule has 1 aliphatic heterocycles. The normalized spacial score (nSPS) is 18.1. The maximum Gasteiger partial charge on any atom is 0.319 e. The molecule has 4 nitrogen and oxygen atoms in total. The fourth-order valence-electron chi connectivity index (χ4n) is 4.53. The van der Waals surface area contributed by atoms with Crippen molar-refractivity contribution in [2.75, 3.05) is 0 Å². The Morgan fingerprint density at radius 2 is 1.42 bits per heavy atom. The average Bonchev–Trinajstić information content (AvgIpc) is 2.86. The second kappa shape index (κ2) is 9.35. The van der Waals surface area contributed by atoms with Crippen LogP contribution >= 0.6 is 0 Å². The molecule has 0 aliphatic carbocycles. The lowest BCUT2D eigenvalue weighted by Crippen LogP contribution is -2.56. The molecule has 1 aromatic rings. The molecule has 0 radical (unpaired) electrons. The van der Waals surface area contributed by atoms with Crippen LogP contribution in [0.5, 0.6) is 0 Å². The van der Waals surface area contributed by atoms with E-state index < -0.39 is 8.24 Å². The second-order valence-electron chi connectivity index (χ2n) is 7.47. The van der Waals surface area contributed by atoms with Gasteiger partial charge in [0.25, 0.3) is 0 Å². The first-order valence-corrected chi connectivity index (χ1v) is 12.8. The van der Waals surface area contributed by atoms with Gasteiger partial charge in [0.15, 0.2) is 8.24 Å². The van der Waals surface area contributed by atoms with E-state index in [0.717, 1.165) is 43.0 Å². The molecule has 1 heterocycles. The van der Waals surface area contributed by atoms with Crippen molar-refractivity contribution in [1.82, 2.24) is 9.47 Å². The molecule has 2 rings (SSSR count). The number of nitrogens with zero attached hydrogens (tertiary/aromatic N) is 2. The first kappa shape index (κ1) is 20.7. The molecule has 0 N–H and O–H groups in total. The minimum atomic E-state index is -2.11. The van der Waals surface area contributed by atoms with Gasteiger partial charge >= 0.3 is 6.03 Å². The Morgan fingerprint density at radius 3 is 1.88 bits per heavy atom. The van der Waals surface area contributed by atoms with Crippen LogP contribution in [0.15, 0.2) is 30.3 Å². The summed E-state index contributed by atoms with van der Waals surface area (Å²) >= 11 is 0. The minimum Gasteiger partial charge on any atom is -0.309 e. The van der Waals surface area contributed by atoms with Crippen molar-refractivity contribution in [2.24, 2.45) is 0 Å². The molecule has 1 fully saturated rings. The SMILES string of the molecule is CCC[Si](CCC)(CCC)N1C(=O)C(CC)N(Cc2ccccc2)C1=O. The second-order valence-corrected chi connectivity index (χ2v) is 11.9. The Hall–Kier alpha value is -1.62. The molecular formula is C21H34N2O2Si. The Bertz CT molecular complexity index is 588. The highest BCUT2D eigenvalue weighted by molar-refractivity contribution is 6.81. The fourth-order valence-corrected chi connectivity index (χ4v) is 9.90. The topological polar surface area (TPSA) is 40.6 Å². The van der Waals surface area contributed by atoms with Crippen molar-refractivity contribution in [3.05, 3.63) is 35.9 Å². The summed E-state index contributed by atoms with van der Waals surface area (Å²) < 4.78 is 1.79. The lowest BCUT2D eigenvalue weighted by Gasteiger charge is -2.38. The number of hydrogen-bond acceptors (Lipinski definition) is 2. The van der Waals surface area contributed by atoms with Crippen molar-refractivity contribution in [1.29, 1.82) is 0 Å². The summed E-state index contributed by atoms with van der Waals surface area (Å²) in [5.74, 6) is 0.0652. The first-order valence-electron chi connectivity index (χ1n) is 10.2. The zero-order valence-electron chi connectivity index (χ0n) is 16.8. The van der Waals surface area contributed by atoms with Crippen molar-refractivity contribution in [3.63, 3.8) is 0 Å². The van der Waals surface area contributed by atoms with Crippen LogP contribution < -0.4 is 0 Å². The van der Waals surface area contributed by atoms with Crippen molar-refractivity contribution >= 4 is 20.2 Å². The van der Waals surface area contributed by atoms with Crippen LogP contribution in [-0.4, -0.2) is 35.7 Å². The van der Waals surface area contributed by atoms with Crippen LogP contribution in [0.25, 0.3) is 0 Å². The van der Waals surface area contributed by atoms with Crippen LogP contribution in [-0.2, 0) is 11.3 Å². The maximum atomic E-state index is 13.4. The average molecular weight is 375 g/mol. The molecule has 0 bridgehead atoms. The summed E-state index contributed by atoms with van der Waals surface area (Å²) in [5, 5.41) is 0. The summed E-state index contributed by atoms with van der Waals surface area (Å²) in [4.78, 5) is 28.6. The zero-order valence-corrected chi connectivity index (χ0v) is 17.8. The van der Waals surface area contributed by atoms with E-state index in [1.807, 2.05) is 42.2 Å². The molecule has 5 heteroatoms. The number of amides is 3. The van der Waals surface area contributed by atoms with E-state index in [0.29, 0.717) is 13.0 Å². The number of rotatable bonds is 10. The third-order valence-electron chi connectivity index (χ3n) is 5.52. The quantitative estimate of drug-likeness (QED) is 0.406. The van der Waals surface area contributed by atoms with Gasteiger partial charge in [0.1, 0.15) is 6.04 Å². The molecule has 0 aromatic heterocycles. The van der Waals surface area contributed by atoms with E-state index in [1.165, 1.54) is 0 Å². The number of benzene rings is 1. The highest BCUT2D eigenvalue weighted by Gasteiger charge is 2.53. The van der Waals surface area contributed by atoms with Crippen molar-refractivity contribution < 1.29 is 9.59 Å². The number of imide groups is 1. The summed E-state index contributed by atoms with van der Waals surface area (Å²) in [5.41, 5.74) is 1.09. The van der Waals surface area contributed by atoms with Gasteiger partial charge in [-0.15, -0.1) is 0 Å². The van der Waals surface area contributed by atoms with Crippen LogP contribution in [0.3, 0.4) is 0 Å². The lowest BCUT2D eigenvalue weighted by atomic mass is 10.1. The van der Waals surface area contributed by atoms with Gasteiger partial charge in [-0.1, -0.05) is 77.3 Å². The maximum absolute atomic E-state index is 13.4. The molecule has 1 aliphatic rings. The predicted octanol–water partition coefficient (Wildman–Crippen LogP) is 5.40. The molecule has 0 spiro atoms. The Kier molecular flexibility index (Phi) is 7.44. The number of carbonyl (C=O) groups is 2. The minimum absolute atomic E-state index is 0.0345. The van der Waals surface area contributed by atoms with Crippen LogP contribution in [0.4, 0.5) is 4.79 Å². The first-order chi connectivity index (χ1) is 12.5. The third-order valence-corrected chi connectivity index (χ3v) is 11.2. The number of hydrogen-bond donors (Lipinski definition) is 0. The van der Waals surface area contributed by atoms with Gasteiger partial charge in [0.2, 0.25) is 5.91 Å². The van der Waals surface area contributed by atoms with Gasteiger partial charge in [-0.25, -0.2) is 4.79 Å². The van der Waals surface area contributed by atoms with Crippen LogP contribution in [0.2, 0.25) is 18.1 Å². The monoisotopic (exact) mass is 374 g/mol. The standard InChI is InChI=1S/C21H34N2O2Si/c1-5-14-26(15-6-2,16-7-3)23-20(24)19(8-4)22(21(23)25)17-18-12-10-9-11-13-18/h9-13,19H,5-8,14-17H2,1-4H3. The van der Waals surface area contributed by atoms with Gasteiger partial charge in [-0.05, 0) is 30.1 Å². The van der Waals surface area contributed by atoms with Crippen molar-refractivity contribution in [2.45, 2.75) is 84.1 Å². The van der Waals surface area contributed by atoms with Gasteiger partial charge < -0.3 is 4.90 Å². The molecule has 144 valence electrons. The molecule has 1 saturated heterocycles. The van der Waals surface area contributed by atoms with Gasteiger partial charge in [-0.3, -0.25) is 9.36 Å². The number of carbonyl (C=O) groups excluding carboxylic acids is 2. The predicted molar refractivity (Wildman–Crippen MR) is 109 cm³/mol. The molecule has 1 atom stereocenters. The zero-order chi connectivity index (χ0) is 19.2. The van der Waals surface area contributed by atoms with Gasteiger partial charge in [-0.2, -0.15) is 0 Å². The fraction of sp³-hybridized carbons (Fsp3) is 0.619. The van der Waals surface area contributed by atoms with Crippen molar-refractivity contribution in [3.8, 4) is 0 Å². The van der Waals surface area contributed by atoms with Gasteiger partial charge in [0, 0.05) is 6.54 Å². The van der Waals surface area contributed by atoms with Crippen LogP contribution in [0, 0.1) is 0 Å². The van der Waals surface area contributed by atoms with E-state index in [-0.39, 0.29) is 18.0 Å². The molecule has 1 aromatic carbocycles. The van der Waals surface area contributed by atoms with E-state index in [1.54, 1.807) is 4.57 Å². The summed E-state index contributed by atoms with van der Waals surface area (Å²) in [7, 11) is -2.11. The largest absolute Gasteiger partial charge is 0.319 e. The lowest BCUT2D eigenvalue weighted by molar-refractivity contribution is -0.125. The van der Waals surface area contributed by atoms with E-state index in [4.69, 9.17) is 0 Å². The summed E-state index contributed by atoms with van der Waals surface area (Å²) in [6.07, 6.45) is 3.80. The molecular weight excluding hydrogens is 340 g/mol. The molecule has 0 saturated carbocycles.